The molecule has 0 aliphatic heterocycles. The molecule has 128 valence electrons. The van der Waals surface area contributed by atoms with Crippen molar-refractivity contribution >= 4 is 34.6 Å². The summed E-state index contributed by atoms with van der Waals surface area (Å²) in [5, 5.41) is 1.98. The van der Waals surface area contributed by atoms with E-state index in [1.807, 2.05) is 23.6 Å². The number of thiophene rings is 2. The molecule has 0 unspecified atom stereocenters. The predicted octanol–water partition coefficient (Wildman–Crippen LogP) is 3.75. The third-order valence-corrected chi connectivity index (χ3v) is 6.33. The smallest absolute Gasteiger partial charge is 0.348 e. The van der Waals surface area contributed by atoms with Gasteiger partial charge in [0.1, 0.15) is 4.88 Å². The molecule has 0 spiro atoms. The van der Waals surface area contributed by atoms with Crippen LogP contribution in [0.4, 0.5) is 0 Å². The van der Waals surface area contributed by atoms with Crippen LogP contribution in [0.1, 0.15) is 38.3 Å². The van der Waals surface area contributed by atoms with Crippen molar-refractivity contribution < 1.29 is 14.3 Å². The zero-order valence-electron chi connectivity index (χ0n) is 13.9. The molecule has 0 saturated heterocycles. The van der Waals surface area contributed by atoms with Crippen LogP contribution in [0.15, 0.2) is 23.6 Å². The monoisotopic (exact) mass is 363 g/mol. The highest BCUT2D eigenvalue weighted by atomic mass is 32.1. The number of amides is 1. The molecule has 1 aliphatic rings. The molecule has 4 nitrogen and oxygen atoms in total. The molecule has 3 rings (SSSR count). The van der Waals surface area contributed by atoms with Crippen LogP contribution in [0.5, 0.6) is 0 Å². The van der Waals surface area contributed by atoms with Gasteiger partial charge >= 0.3 is 5.97 Å². The highest BCUT2D eigenvalue weighted by Crippen LogP contribution is 2.32. The lowest BCUT2D eigenvalue weighted by molar-refractivity contribution is -0.133. The number of likely N-dealkylation sites (N-methyl/N-ethyl adjacent to an activating group) is 1. The predicted molar refractivity (Wildman–Crippen MR) is 96.6 cm³/mol. The highest BCUT2D eigenvalue weighted by Gasteiger charge is 2.22. The average molecular weight is 364 g/mol. The molecule has 1 amide bonds. The van der Waals surface area contributed by atoms with Crippen LogP contribution in [0, 0.1) is 5.92 Å². The quantitative estimate of drug-likeness (QED) is 0.760. The summed E-state index contributed by atoms with van der Waals surface area (Å²) in [4.78, 5) is 28.9. The molecule has 0 aromatic carbocycles. The summed E-state index contributed by atoms with van der Waals surface area (Å²) in [6.07, 6.45) is 3.24. The van der Waals surface area contributed by atoms with Crippen molar-refractivity contribution in [2.45, 2.75) is 32.7 Å². The third-order valence-electron chi connectivity index (χ3n) is 4.26. The third kappa shape index (κ3) is 4.05. The number of fused-ring (bicyclic) bond motifs is 1. The first-order valence-electron chi connectivity index (χ1n) is 8.08. The molecule has 2 aromatic rings. The van der Waals surface area contributed by atoms with Gasteiger partial charge in [-0.3, -0.25) is 4.79 Å². The second-order valence-electron chi connectivity index (χ2n) is 6.31. The van der Waals surface area contributed by atoms with E-state index >= 15 is 0 Å². The Morgan fingerprint density at radius 1 is 1.42 bits per heavy atom. The minimum atomic E-state index is -0.389. The molecular formula is C18H21NO3S2. The van der Waals surface area contributed by atoms with E-state index < -0.39 is 0 Å². The fraction of sp³-hybridized carbons (Fsp3) is 0.444. The van der Waals surface area contributed by atoms with Gasteiger partial charge < -0.3 is 9.64 Å². The first-order chi connectivity index (χ1) is 11.5. The second-order valence-corrected chi connectivity index (χ2v) is 8.48. The van der Waals surface area contributed by atoms with Crippen molar-refractivity contribution in [2.75, 3.05) is 13.7 Å². The Balaban J connectivity index is 1.52. The molecule has 0 bridgehead atoms. The van der Waals surface area contributed by atoms with E-state index in [1.54, 1.807) is 23.3 Å². The number of aryl methyl sites for hydroxylation is 1. The maximum Gasteiger partial charge on any atom is 0.348 e. The van der Waals surface area contributed by atoms with E-state index in [1.165, 1.54) is 28.2 Å². The summed E-state index contributed by atoms with van der Waals surface area (Å²) in [7, 11) is 1.72. The van der Waals surface area contributed by atoms with Crippen molar-refractivity contribution in [1.29, 1.82) is 0 Å². The normalized spacial score (nSPS) is 16.5. The lowest BCUT2D eigenvalue weighted by Gasteiger charge is -2.16. The number of hydrogen-bond donors (Lipinski definition) is 0. The summed E-state index contributed by atoms with van der Waals surface area (Å²) in [5.41, 5.74) is 1.27. The molecule has 0 fully saturated rings. The molecule has 0 saturated carbocycles. The Bertz CT molecular complexity index is 721. The first-order valence-corrected chi connectivity index (χ1v) is 9.77. The summed E-state index contributed by atoms with van der Waals surface area (Å²) >= 11 is 3.12. The van der Waals surface area contributed by atoms with Gasteiger partial charge in [0, 0.05) is 16.8 Å². The zero-order valence-corrected chi connectivity index (χ0v) is 15.5. The van der Waals surface area contributed by atoms with Crippen LogP contribution in [0.25, 0.3) is 0 Å². The van der Waals surface area contributed by atoms with Crippen LogP contribution in [-0.2, 0) is 28.9 Å². The molecule has 1 aliphatic carbocycles. The summed E-state index contributed by atoms with van der Waals surface area (Å²) < 4.78 is 5.22. The Kier molecular flexibility index (Phi) is 5.36. The molecule has 0 N–H and O–H groups in total. The number of carbonyl (C=O) groups excluding carboxylic acids is 2. The number of rotatable bonds is 5. The molecular weight excluding hydrogens is 342 g/mol. The van der Waals surface area contributed by atoms with Gasteiger partial charge in [0.05, 0.1) is 6.54 Å². The molecule has 0 radical (unpaired) electrons. The Labute approximate surface area is 150 Å². The van der Waals surface area contributed by atoms with Gasteiger partial charge in [-0.25, -0.2) is 4.79 Å². The average Bonchev–Trinajstić information content (AvgIpc) is 3.20. The van der Waals surface area contributed by atoms with E-state index in [9.17, 15) is 9.59 Å². The minimum Gasteiger partial charge on any atom is -0.451 e. The molecule has 2 heterocycles. The van der Waals surface area contributed by atoms with Gasteiger partial charge in [0.15, 0.2) is 6.61 Å². The van der Waals surface area contributed by atoms with Gasteiger partial charge in [-0.2, -0.15) is 0 Å². The van der Waals surface area contributed by atoms with Crippen molar-refractivity contribution in [3.8, 4) is 0 Å². The summed E-state index contributed by atoms with van der Waals surface area (Å²) in [6.45, 7) is 2.57. The SMILES string of the molecule is C[C@@H]1CCc2sc(C(=O)OCC(=O)N(C)Cc3cccs3)cc2C1. The molecule has 2 aromatic heterocycles. The fourth-order valence-corrected chi connectivity index (χ4v) is 4.70. The number of nitrogens with zero attached hydrogens (tertiary/aromatic N) is 1. The fourth-order valence-electron chi connectivity index (χ4n) is 2.84. The van der Waals surface area contributed by atoms with Crippen LogP contribution < -0.4 is 0 Å². The van der Waals surface area contributed by atoms with Crippen molar-refractivity contribution in [1.82, 2.24) is 4.90 Å². The van der Waals surface area contributed by atoms with E-state index in [-0.39, 0.29) is 18.5 Å². The van der Waals surface area contributed by atoms with E-state index in [4.69, 9.17) is 4.74 Å². The second kappa shape index (κ2) is 7.49. The lowest BCUT2D eigenvalue weighted by atomic mass is 9.90. The van der Waals surface area contributed by atoms with Gasteiger partial charge in [0.2, 0.25) is 0 Å². The molecule has 6 heteroatoms. The molecule has 24 heavy (non-hydrogen) atoms. The topological polar surface area (TPSA) is 46.6 Å². The van der Waals surface area contributed by atoms with Crippen LogP contribution in [0.3, 0.4) is 0 Å². The number of hydrogen-bond acceptors (Lipinski definition) is 5. The van der Waals surface area contributed by atoms with Gasteiger partial charge in [0.25, 0.3) is 5.91 Å². The number of ether oxygens (including phenoxy) is 1. The van der Waals surface area contributed by atoms with Gasteiger partial charge in [-0.1, -0.05) is 13.0 Å². The largest absolute Gasteiger partial charge is 0.451 e. The maximum absolute atomic E-state index is 12.2. The van der Waals surface area contributed by atoms with Crippen LogP contribution >= 0.6 is 22.7 Å². The highest BCUT2D eigenvalue weighted by molar-refractivity contribution is 7.14. The van der Waals surface area contributed by atoms with E-state index in [2.05, 4.69) is 6.92 Å². The Hall–Kier alpha value is -1.66. The van der Waals surface area contributed by atoms with Gasteiger partial charge in [-0.15, -0.1) is 22.7 Å². The Morgan fingerprint density at radius 3 is 3.00 bits per heavy atom. The lowest BCUT2D eigenvalue weighted by Crippen LogP contribution is -2.30. The number of carbonyl (C=O) groups is 2. The molecule has 1 atom stereocenters. The zero-order chi connectivity index (χ0) is 17.1. The Morgan fingerprint density at radius 2 is 2.25 bits per heavy atom. The number of esters is 1. The van der Waals surface area contributed by atoms with Crippen LogP contribution in [-0.4, -0.2) is 30.4 Å². The standard InChI is InChI=1S/C18H21NO3S2/c1-12-5-6-15-13(8-12)9-16(24-15)18(21)22-11-17(20)19(2)10-14-4-3-7-23-14/h3-4,7,9,12H,5-6,8,10-11H2,1-2H3/t12-/m1/s1. The van der Waals surface area contributed by atoms with E-state index in [0.29, 0.717) is 17.3 Å². The van der Waals surface area contributed by atoms with Crippen molar-refractivity contribution in [3.05, 3.63) is 43.8 Å². The maximum atomic E-state index is 12.2. The summed E-state index contributed by atoms with van der Waals surface area (Å²) in [6, 6.07) is 5.88. The first kappa shape index (κ1) is 17.2. The van der Waals surface area contributed by atoms with E-state index in [0.717, 1.165) is 17.7 Å². The minimum absolute atomic E-state index is 0.188. The van der Waals surface area contributed by atoms with Crippen molar-refractivity contribution in [2.24, 2.45) is 5.92 Å². The van der Waals surface area contributed by atoms with Gasteiger partial charge in [-0.05, 0) is 48.3 Å². The van der Waals surface area contributed by atoms with Crippen LogP contribution in [0.2, 0.25) is 0 Å². The summed E-state index contributed by atoms with van der Waals surface area (Å²) in [5.74, 6) is 0.0927. The van der Waals surface area contributed by atoms with Crippen molar-refractivity contribution in [3.63, 3.8) is 0 Å².